The predicted octanol–water partition coefficient (Wildman–Crippen LogP) is 5.40. The molecule has 1 saturated heterocycles. The van der Waals surface area contributed by atoms with Crippen LogP contribution in [0.4, 0.5) is 13.2 Å². The van der Waals surface area contributed by atoms with Gasteiger partial charge in [0.2, 0.25) is 0 Å². The van der Waals surface area contributed by atoms with E-state index in [0.29, 0.717) is 18.1 Å². The average molecular weight is 312 g/mol. The molecule has 0 spiro atoms. The fourth-order valence-electron chi connectivity index (χ4n) is 3.92. The lowest BCUT2D eigenvalue weighted by molar-refractivity contribution is -0.0402. The zero-order valence-electron chi connectivity index (χ0n) is 13.0. The van der Waals surface area contributed by atoms with Crippen LogP contribution in [0.15, 0.2) is 12.1 Å². The maximum absolute atomic E-state index is 13.3. The van der Waals surface area contributed by atoms with Crippen LogP contribution in [-0.2, 0) is 4.74 Å². The van der Waals surface area contributed by atoms with Crippen molar-refractivity contribution in [3.63, 3.8) is 0 Å². The highest BCUT2D eigenvalue weighted by Gasteiger charge is 2.31. The van der Waals surface area contributed by atoms with E-state index in [4.69, 9.17) is 4.74 Å². The summed E-state index contributed by atoms with van der Waals surface area (Å²) in [7, 11) is 0. The van der Waals surface area contributed by atoms with Crippen molar-refractivity contribution < 1.29 is 17.9 Å². The van der Waals surface area contributed by atoms with Crippen LogP contribution in [0.3, 0.4) is 0 Å². The maximum Gasteiger partial charge on any atom is 0.194 e. The van der Waals surface area contributed by atoms with Gasteiger partial charge in [-0.3, -0.25) is 0 Å². The Kier molecular flexibility index (Phi) is 4.76. The third kappa shape index (κ3) is 3.32. The van der Waals surface area contributed by atoms with Gasteiger partial charge in [0.25, 0.3) is 0 Å². The summed E-state index contributed by atoms with van der Waals surface area (Å²) in [5.74, 6) is -1.57. The van der Waals surface area contributed by atoms with Crippen molar-refractivity contribution in [2.75, 3.05) is 6.61 Å². The van der Waals surface area contributed by atoms with Crippen LogP contribution in [0.25, 0.3) is 0 Å². The zero-order valence-corrected chi connectivity index (χ0v) is 13.0. The third-order valence-electron chi connectivity index (χ3n) is 5.42. The highest BCUT2D eigenvalue weighted by molar-refractivity contribution is 5.22. The van der Waals surface area contributed by atoms with Crippen molar-refractivity contribution in [2.45, 2.75) is 51.6 Å². The smallest absolute Gasteiger partial charge is 0.194 e. The van der Waals surface area contributed by atoms with Crippen molar-refractivity contribution in [3.8, 4) is 0 Å². The van der Waals surface area contributed by atoms with Gasteiger partial charge in [0.1, 0.15) is 0 Å². The van der Waals surface area contributed by atoms with Crippen LogP contribution in [0.2, 0.25) is 0 Å². The third-order valence-corrected chi connectivity index (χ3v) is 5.42. The molecule has 4 heteroatoms. The topological polar surface area (TPSA) is 9.23 Å². The van der Waals surface area contributed by atoms with Gasteiger partial charge in [-0.05, 0) is 61.1 Å². The predicted molar refractivity (Wildman–Crippen MR) is 78.9 cm³/mol. The van der Waals surface area contributed by atoms with E-state index in [-0.39, 0.29) is 6.10 Å². The molecule has 2 fully saturated rings. The Bertz CT molecular complexity index is 492. The highest BCUT2D eigenvalue weighted by atomic mass is 19.2. The monoisotopic (exact) mass is 312 g/mol. The van der Waals surface area contributed by atoms with E-state index in [1.165, 1.54) is 25.7 Å². The van der Waals surface area contributed by atoms with Crippen LogP contribution in [-0.4, -0.2) is 6.61 Å². The van der Waals surface area contributed by atoms with Crippen molar-refractivity contribution in [2.24, 2.45) is 17.8 Å². The van der Waals surface area contributed by atoms with E-state index < -0.39 is 17.5 Å². The van der Waals surface area contributed by atoms with E-state index >= 15 is 0 Å². The van der Waals surface area contributed by atoms with Crippen LogP contribution < -0.4 is 0 Å². The zero-order chi connectivity index (χ0) is 15.7. The number of hydrogen-bond donors (Lipinski definition) is 0. The van der Waals surface area contributed by atoms with Crippen molar-refractivity contribution >= 4 is 0 Å². The molecular formula is C18H23F3O. The Morgan fingerprint density at radius 3 is 2.00 bits per heavy atom. The molecule has 2 atom stereocenters. The Hall–Kier alpha value is -1.03. The van der Waals surface area contributed by atoms with Gasteiger partial charge in [-0.1, -0.05) is 19.8 Å². The molecule has 1 saturated carbocycles. The molecule has 0 bridgehead atoms. The molecule has 1 aliphatic heterocycles. The first-order valence-electron chi connectivity index (χ1n) is 8.30. The summed E-state index contributed by atoms with van der Waals surface area (Å²) in [6.07, 6.45) is 6.56. The Balaban J connectivity index is 1.60. The Labute approximate surface area is 129 Å². The van der Waals surface area contributed by atoms with Crippen LogP contribution >= 0.6 is 0 Å². The lowest BCUT2D eigenvalue weighted by atomic mass is 9.74. The molecule has 1 aliphatic carbocycles. The van der Waals surface area contributed by atoms with E-state index in [0.717, 1.165) is 36.8 Å². The molecule has 0 amide bonds. The first-order chi connectivity index (χ1) is 10.5. The number of benzene rings is 1. The molecule has 0 radical (unpaired) electrons. The molecule has 1 aromatic rings. The number of halogens is 3. The molecule has 3 rings (SSSR count). The molecule has 2 aliphatic rings. The molecule has 22 heavy (non-hydrogen) atoms. The van der Waals surface area contributed by atoms with E-state index in [1.54, 1.807) is 0 Å². The van der Waals surface area contributed by atoms with Gasteiger partial charge in [-0.15, -0.1) is 0 Å². The minimum atomic E-state index is -1.41. The van der Waals surface area contributed by atoms with Gasteiger partial charge in [0.05, 0.1) is 12.7 Å². The van der Waals surface area contributed by atoms with Crippen LogP contribution in [0.5, 0.6) is 0 Å². The Morgan fingerprint density at radius 2 is 1.45 bits per heavy atom. The molecule has 0 aromatic heterocycles. The van der Waals surface area contributed by atoms with Gasteiger partial charge in [0.15, 0.2) is 17.5 Å². The lowest BCUT2D eigenvalue weighted by Crippen LogP contribution is -2.29. The van der Waals surface area contributed by atoms with Gasteiger partial charge < -0.3 is 4.74 Å². The summed E-state index contributed by atoms with van der Waals surface area (Å²) in [4.78, 5) is 0. The summed E-state index contributed by atoms with van der Waals surface area (Å²) >= 11 is 0. The summed E-state index contributed by atoms with van der Waals surface area (Å²) in [5, 5.41) is 0. The second-order valence-corrected chi connectivity index (χ2v) is 6.98. The van der Waals surface area contributed by atoms with Gasteiger partial charge >= 0.3 is 0 Å². The summed E-state index contributed by atoms with van der Waals surface area (Å²) in [5.41, 5.74) is 0.409. The highest BCUT2D eigenvalue weighted by Crippen LogP contribution is 2.40. The molecule has 1 aromatic carbocycles. The number of rotatable bonds is 2. The van der Waals surface area contributed by atoms with Crippen molar-refractivity contribution in [1.82, 2.24) is 0 Å². The second kappa shape index (κ2) is 6.61. The van der Waals surface area contributed by atoms with E-state index in [1.807, 2.05) is 0 Å². The summed E-state index contributed by atoms with van der Waals surface area (Å²) < 4.78 is 45.5. The normalized spacial score (nSPS) is 32.9. The number of hydrogen-bond acceptors (Lipinski definition) is 1. The second-order valence-electron chi connectivity index (χ2n) is 6.98. The lowest BCUT2D eigenvalue weighted by Gasteiger charge is -2.37. The van der Waals surface area contributed by atoms with Gasteiger partial charge in [0, 0.05) is 0 Å². The van der Waals surface area contributed by atoms with E-state index in [2.05, 4.69) is 6.92 Å². The van der Waals surface area contributed by atoms with Crippen molar-refractivity contribution in [3.05, 3.63) is 35.1 Å². The SMILES string of the molecule is CC1CCC(C2CCC(c3cc(F)c(F)c(F)c3)OC2)CC1. The van der Waals surface area contributed by atoms with Crippen LogP contribution in [0.1, 0.15) is 57.1 Å². The molecule has 122 valence electrons. The molecular weight excluding hydrogens is 289 g/mol. The Morgan fingerprint density at radius 1 is 0.864 bits per heavy atom. The molecule has 1 nitrogen and oxygen atoms in total. The first-order valence-corrected chi connectivity index (χ1v) is 8.30. The van der Waals surface area contributed by atoms with Gasteiger partial charge in [-0.2, -0.15) is 0 Å². The van der Waals surface area contributed by atoms with Crippen molar-refractivity contribution in [1.29, 1.82) is 0 Å². The summed E-state index contributed by atoms with van der Waals surface area (Å²) in [6, 6.07) is 2.12. The first kappa shape index (κ1) is 15.9. The number of ether oxygens (including phenoxy) is 1. The van der Waals surface area contributed by atoms with Crippen LogP contribution in [0, 0.1) is 35.2 Å². The minimum absolute atomic E-state index is 0.316. The fourth-order valence-corrected chi connectivity index (χ4v) is 3.92. The quantitative estimate of drug-likeness (QED) is 0.665. The largest absolute Gasteiger partial charge is 0.373 e. The van der Waals surface area contributed by atoms with Gasteiger partial charge in [-0.25, -0.2) is 13.2 Å². The fraction of sp³-hybridized carbons (Fsp3) is 0.667. The average Bonchev–Trinajstić information content (AvgIpc) is 2.53. The molecule has 2 unspecified atom stereocenters. The summed E-state index contributed by atoms with van der Waals surface area (Å²) in [6.45, 7) is 2.95. The standard InChI is InChI=1S/C18H23F3O/c1-11-2-4-12(5-3-11)13-6-7-17(22-10-13)14-8-15(19)18(21)16(20)9-14/h8-9,11-13,17H,2-7,10H2,1H3. The maximum atomic E-state index is 13.3. The van der Waals surface area contributed by atoms with E-state index in [9.17, 15) is 13.2 Å². The molecule has 1 heterocycles. The minimum Gasteiger partial charge on any atom is -0.373 e. The molecule has 0 N–H and O–H groups in total.